The van der Waals surface area contributed by atoms with E-state index >= 15 is 0 Å². The van der Waals surface area contributed by atoms with Crippen LogP contribution in [0, 0.1) is 6.92 Å². The zero-order valence-corrected chi connectivity index (χ0v) is 5.22. The second kappa shape index (κ2) is 5.31. The molecular formula is C6H10NO2. The van der Waals surface area contributed by atoms with Crippen LogP contribution in [0.5, 0.6) is 0 Å². The molecule has 0 aromatic carbocycles. The van der Waals surface area contributed by atoms with Crippen molar-refractivity contribution in [3.8, 4) is 0 Å². The highest BCUT2D eigenvalue weighted by Gasteiger charge is 1.90. The fraction of sp³-hybridized carbons (Fsp3) is 0.333. The lowest BCUT2D eigenvalue weighted by Gasteiger charge is -1.98. The third-order valence-electron chi connectivity index (χ3n) is 0.618. The van der Waals surface area contributed by atoms with E-state index in [1.165, 1.54) is 0 Å². The third kappa shape index (κ3) is 5.03. The van der Waals surface area contributed by atoms with Gasteiger partial charge < -0.3 is 4.84 Å². The second-order valence-electron chi connectivity index (χ2n) is 1.37. The van der Waals surface area contributed by atoms with E-state index in [0.29, 0.717) is 13.0 Å². The monoisotopic (exact) mass is 128 g/mol. The van der Waals surface area contributed by atoms with Crippen molar-refractivity contribution < 1.29 is 9.63 Å². The van der Waals surface area contributed by atoms with Gasteiger partial charge in [-0.05, 0) is 6.42 Å². The zero-order chi connectivity index (χ0) is 7.11. The number of nitrogens with one attached hydrogen (secondary N) is 1. The van der Waals surface area contributed by atoms with Crippen LogP contribution >= 0.6 is 0 Å². The summed E-state index contributed by atoms with van der Waals surface area (Å²) >= 11 is 0. The van der Waals surface area contributed by atoms with Gasteiger partial charge in [0.25, 0.3) is 0 Å². The summed E-state index contributed by atoms with van der Waals surface area (Å²) < 4.78 is 0. The normalized spacial score (nSPS) is 8.56. The predicted molar refractivity (Wildman–Crippen MR) is 34.3 cm³/mol. The Morgan fingerprint density at radius 3 is 2.89 bits per heavy atom. The summed E-state index contributed by atoms with van der Waals surface area (Å²) in [5.41, 5.74) is 2.40. The molecular weight excluding hydrogens is 118 g/mol. The van der Waals surface area contributed by atoms with Crippen LogP contribution in [0.1, 0.15) is 6.42 Å². The van der Waals surface area contributed by atoms with E-state index in [9.17, 15) is 4.79 Å². The maximum Gasteiger partial charge on any atom is 0.348 e. The van der Waals surface area contributed by atoms with Crippen molar-refractivity contribution in [2.75, 3.05) is 6.54 Å². The van der Waals surface area contributed by atoms with E-state index in [1.54, 1.807) is 0 Å². The Balaban J connectivity index is 3.07. The average molecular weight is 128 g/mol. The molecule has 0 rings (SSSR count). The van der Waals surface area contributed by atoms with Gasteiger partial charge >= 0.3 is 5.97 Å². The maximum atomic E-state index is 10.3. The molecule has 0 amide bonds. The van der Waals surface area contributed by atoms with E-state index in [1.807, 2.05) is 0 Å². The SMILES string of the molecule is [CH2]CCNOC(=O)C=C. The molecule has 0 heterocycles. The summed E-state index contributed by atoms with van der Waals surface area (Å²) in [4.78, 5) is 14.6. The zero-order valence-electron chi connectivity index (χ0n) is 5.22. The minimum Gasteiger partial charge on any atom is -0.367 e. The molecule has 0 fully saturated rings. The average Bonchev–Trinajstić information content (AvgIpc) is 1.89. The van der Waals surface area contributed by atoms with Crippen molar-refractivity contribution >= 4 is 5.97 Å². The fourth-order valence-corrected chi connectivity index (χ4v) is 0.236. The first-order chi connectivity index (χ1) is 4.31. The fourth-order valence-electron chi connectivity index (χ4n) is 0.236. The molecule has 0 unspecified atom stereocenters. The summed E-state index contributed by atoms with van der Waals surface area (Å²) in [6, 6.07) is 0. The van der Waals surface area contributed by atoms with Crippen LogP contribution in [0.15, 0.2) is 12.7 Å². The van der Waals surface area contributed by atoms with Crippen LogP contribution in [0.25, 0.3) is 0 Å². The van der Waals surface area contributed by atoms with Crippen molar-refractivity contribution in [2.24, 2.45) is 0 Å². The Morgan fingerprint density at radius 2 is 2.44 bits per heavy atom. The van der Waals surface area contributed by atoms with Crippen molar-refractivity contribution in [2.45, 2.75) is 6.42 Å². The van der Waals surface area contributed by atoms with Gasteiger partial charge in [-0.15, -0.1) is 0 Å². The molecule has 0 aliphatic heterocycles. The summed E-state index contributed by atoms with van der Waals surface area (Å²) in [6.45, 7) is 7.31. The summed E-state index contributed by atoms with van der Waals surface area (Å²) in [7, 11) is 0. The molecule has 3 heteroatoms. The molecule has 3 nitrogen and oxygen atoms in total. The maximum absolute atomic E-state index is 10.3. The van der Waals surface area contributed by atoms with Gasteiger partial charge in [0, 0.05) is 12.6 Å². The predicted octanol–water partition coefficient (Wildman–Crippen LogP) is 0.444. The Bertz CT molecular complexity index is 101. The van der Waals surface area contributed by atoms with E-state index in [2.05, 4.69) is 23.8 Å². The standard InChI is InChI=1S/C6H10NO2/c1-3-5-7-9-6(8)4-2/h4,7H,1-3,5H2. The van der Waals surface area contributed by atoms with E-state index in [-0.39, 0.29) is 0 Å². The summed E-state index contributed by atoms with van der Waals surface area (Å²) in [6.07, 6.45) is 1.78. The van der Waals surface area contributed by atoms with Gasteiger partial charge in [-0.1, -0.05) is 13.5 Å². The Hall–Kier alpha value is -0.830. The van der Waals surface area contributed by atoms with E-state index < -0.39 is 5.97 Å². The lowest BCUT2D eigenvalue weighted by molar-refractivity contribution is -0.144. The lowest BCUT2D eigenvalue weighted by Crippen LogP contribution is -2.18. The Morgan fingerprint density at radius 1 is 1.78 bits per heavy atom. The topological polar surface area (TPSA) is 38.3 Å². The number of hydroxylamine groups is 1. The minimum atomic E-state index is -0.469. The molecule has 0 spiro atoms. The van der Waals surface area contributed by atoms with Crippen molar-refractivity contribution in [3.63, 3.8) is 0 Å². The van der Waals surface area contributed by atoms with Gasteiger partial charge in [0.15, 0.2) is 0 Å². The summed E-state index contributed by atoms with van der Waals surface area (Å²) in [5.74, 6) is -0.469. The van der Waals surface area contributed by atoms with Gasteiger partial charge in [-0.25, -0.2) is 4.79 Å². The highest BCUT2D eigenvalue weighted by atomic mass is 16.7. The van der Waals surface area contributed by atoms with Crippen LogP contribution in [0.4, 0.5) is 0 Å². The molecule has 9 heavy (non-hydrogen) atoms. The van der Waals surface area contributed by atoms with Crippen LogP contribution < -0.4 is 5.48 Å². The number of carbonyl (C=O) groups is 1. The first kappa shape index (κ1) is 8.17. The van der Waals surface area contributed by atoms with Gasteiger partial charge in [0.1, 0.15) is 0 Å². The smallest absolute Gasteiger partial charge is 0.348 e. The highest BCUT2D eigenvalue weighted by molar-refractivity contribution is 5.80. The third-order valence-corrected chi connectivity index (χ3v) is 0.618. The van der Waals surface area contributed by atoms with Crippen LogP contribution in [0.3, 0.4) is 0 Å². The van der Waals surface area contributed by atoms with Gasteiger partial charge in [-0.3, -0.25) is 0 Å². The lowest BCUT2D eigenvalue weighted by atomic mass is 10.5. The number of rotatable bonds is 4. The minimum absolute atomic E-state index is 0.469. The summed E-state index contributed by atoms with van der Waals surface area (Å²) in [5, 5.41) is 0. The molecule has 0 aromatic rings. The molecule has 0 saturated heterocycles. The second-order valence-corrected chi connectivity index (χ2v) is 1.37. The van der Waals surface area contributed by atoms with Crippen molar-refractivity contribution in [1.82, 2.24) is 5.48 Å². The van der Waals surface area contributed by atoms with Gasteiger partial charge in [-0.2, -0.15) is 5.48 Å². The van der Waals surface area contributed by atoms with Crippen molar-refractivity contribution in [3.05, 3.63) is 19.6 Å². The first-order valence-corrected chi connectivity index (χ1v) is 2.66. The molecule has 0 aliphatic carbocycles. The molecule has 0 aliphatic rings. The van der Waals surface area contributed by atoms with Gasteiger partial charge in [0.05, 0.1) is 0 Å². The molecule has 51 valence electrons. The quantitative estimate of drug-likeness (QED) is 0.339. The van der Waals surface area contributed by atoms with Gasteiger partial charge in [0.2, 0.25) is 0 Å². The molecule has 0 bridgehead atoms. The molecule has 0 aromatic heterocycles. The number of carbonyl (C=O) groups excluding carboxylic acids is 1. The van der Waals surface area contributed by atoms with E-state index in [4.69, 9.17) is 0 Å². The van der Waals surface area contributed by atoms with Crippen LogP contribution in [-0.2, 0) is 9.63 Å². The molecule has 1 radical (unpaired) electrons. The largest absolute Gasteiger partial charge is 0.367 e. The number of hydrogen-bond acceptors (Lipinski definition) is 3. The first-order valence-electron chi connectivity index (χ1n) is 2.66. The van der Waals surface area contributed by atoms with Crippen molar-refractivity contribution in [1.29, 1.82) is 0 Å². The molecule has 1 N–H and O–H groups in total. The van der Waals surface area contributed by atoms with Crippen LogP contribution in [-0.4, -0.2) is 12.5 Å². The van der Waals surface area contributed by atoms with E-state index in [0.717, 1.165) is 6.08 Å². The number of hydrogen-bond donors (Lipinski definition) is 1. The molecule has 0 saturated carbocycles. The van der Waals surface area contributed by atoms with Crippen LogP contribution in [0.2, 0.25) is 0 Å². The Labute approximate surface area is 54.7 Å². The highest BCUT2D eigenvalue weighted by Crippen LogP contribution is 1.74. The molecule has 0 atom stereocenters. The Kier molecular flexibility index (Phi) is 4.82.